The number of ketones is 1. The second kappa shape index (κ2) is 8.88. The molecule has 0 spiro atoms. The van der Waals surface area contributed by atoms with Crippen LogP contribution in [0.5, 0.6) is 5.75 Å². The number of imidazole rings is 1. The number of nitrogens with one attached hydrogen (secondary N) is 1. The number of rotatable bonds is 7. The number of carbonyl (C=O) groups excluding carboxylic acids is 2. The summed E-state index contributed by atoms with van der Waals surface area (Å²) in [7, 11) is 1.75. The highest BCUT2D eigenvalue weighted by molar-refractivity contribution is 7.09. The fourth-order valence-electron chi connectivity index (χ4n) is 2.77. The highest BCUT2D eigenvalue weighted by Gasteiger charge is 2.15. The second-order valence-electron chi connectivity index (χ2n) is 6.59. The first-order valence-electron chi connectivity index (χ1n) is 9.26. The number of anilines is 1. The normalized spacial score (nSPS) is 10.6. The van der Waals surface area contributed by atoms with Crippen LogP contribution < -0.4 is 10.1 Å². The molecule has 2 aromatic heterocycles. The van der Waals surface area contributed by atoms with Crippen molar-refractivity contribution in [1.29, 1.82) is 0 Å². The number of ether oxygens (including phenoxy) is 1. The van der Waals surface area contributed by atoms with Gasteiger partial charge in [-0.2, -0.15) is 0 Å². The van der Waals surface area contributed by atoms with Crippen LogP contribution in [-0.2, 0) is 13.7 Å². The number of aromatic nitrogens is 3. The molecule has 7 nitrogen and oxygen atoms in total. The van der Waals surface area contributed by atoms with E-state index in [9.17, 15) is 14.0 Å². The zero-order chi connectivity index (χ0) is 21.8. The lowest BCUT2D eigenvalue weighted by Crippen LogP contribution is -2.13. The lowest BCUT2D eigenvalue weighted by atomic mass is 10.1. The van der Waals surface area contributed by atoms with E-state index < -0.39 is 0 Å². The summed E-state index contributed by atoms with van der Waals surface area (Å²) in [5.41, 5.74) is 1.27. The summed E-state index contributed by atoms with van der Waals surface area (Å²) in [5, 5.41) is 5.01. The van der Waals surface area contributed by atoms with Gasteiger partial charge in [-0.25, -0.2) is 14.4 Å². The molecule has 156 valence electrons. The Morgan fingerprint density at radius 1 is 1.13 bits per heavy atom. The van der Waals surface area contributed by atoms with Gasteiger partial charge >= 0.3 is 0 Å². The van der Waals surface area contributed by atoms with Gasteiger partial charge in [0.25, 0.3) is 5.91 Å². The van der Waals surface area contributed by atoms with Crippen LogP contribution in [0.1, 0.15) is 31.7 Å². The zero-order valence-electron chi connectivity index (χ0n) is 16.4. The van der Waals surface area contributed by atoms with E-state index in [4.69, 9.17) is 4.74 Å². The highest BCUT2D eigenvalue weighted by Crippen LogP contribution is 2.18. The van der Waals surface area contributed by atoms with Gasteiger partial charge < -0.3 is 14.6 Å². The Morgan fingerprint density at radius 2 is 1.87 bits per heavy atom. The largest absolute Gasteiger partial charge is 0.486 e. The van der Waals surface area contributed by atoms with Crippen LogP contribution in [0.4, 0.5) is 10.1 Å². The van der Waals surface area contributed by atoms with E-state index in [1.807, 2.05) is 0 Å². The lowest BCUT2D eigenvalue weighted by molar-refractivity contribution is 0.101. The summed E-state index contributed by atoms with van der Waals surface area (Å²) in [5.74, 6) is -0.0462. The van der Waals surface area contributed by atoms with Crippen molar-refractivity contribution in [3.8, 4) is 5.75 Å². The molecular weight excluding hydrogens is 419 g/mol. The first-order valence-corrected chi connectivity index (χ1v) is 10.1. The van der Waals surface area contributed by atoms with Gasteiger partial charge in [-0.1, -0.05) is 0 Å². The van der Waals surface area contributed by atoms with Gasteiger partial charge in [0.1, 0.15) is 28.9 Å². The maximum absolute atomic E-state index is 12.9. The van der Waals surface area contributed by atoms with E-state index in [0.717, 1.165) is 0 Å². The monoisotopic (exact) mass is 436 g/mol. The molecule has 0 fully saturated rings. The minimum atomic E-state index is -0.368. The van der Waals surface area contributed by atoms with Crippen molar-refractivity contribution in [2.24, 2.45) is 7.05 Å². The molecule has 2 aromatic carbocycles. The Bertz CT molecular complexity index is 1220. The van der Waals surface area contributed by atoms with Crippen LogP contribution in [-0.4, -0.2) is 26.2 Å². The molecule has 0 aliphatic rings. The number of hydrogen-bond donors (Lipinski definition) is 1. The SMILES string of the molecule is Cn1ccnc1C(=O)c1ccc(NC(=O)c2csc(COc3ccc(F)cc3)n2)cc1. The molecule has 0 bridgehead atoms. The molecule has 2 heterocycles. The predicted octanol–water partition coefficient (Wildman–Crippen LogP) is 4.08. The third kappa shape index (κ3) is 4.84. The van der Waals surface area contributed by atoms with Gasteiger partial charge in [-0.3, -0.25) is 9.59 Å². The summed E-state index contributed by atoms with van der Waals surface area (Å²) < 4.78 is 20.1. The smallest absolute Gasteiger partial charge is 0.275 e. The van der Waals surface area contributed by atoms with Crippen molar-refractivity contribution >= 4 is 28.7 Å². The van der Waals surface area contributed by atoms with Crippen LogP contribution in [0.3, 0.4) is 0 Å². The van der Waals surface area contributed by atoms with E-state index >= 15 is 0 Å². The van der Waals surface area contributed by atoms with Crippen molar-refractivity contribution < 1.29 is 18.7 Å². The average molecular weight is 436 g/mol. The first kappa shape index (κ1) is 20.4. The Kier molecular flexibility index (Phi) is 5.85. The number of hydrogen-bond acceptors (Lipinski definition) is 6. The maximum Gasteiger partial charge on any atom is 0.275 e. The number of benzene rings is 2. The zero-order valence-corrected chi connectivity index (χ0v) is 17.2. The summed E-state index contributed by atoms with van der Waals surface area (Å²) in [4.78, 5) is 33.2. The van der Waals surface area contributed by atoms with Crippen LogP contribution in [0.25, 0.3) is 0 Å². The number of carbonyl (C=O) groups is 2. The molecule has 0 saturated carbocycles. The molecule has 1 N–H and O–H groups in total. The molecule has 0 aliphatic carbocycles. The second-order valence-corrected chi connectivity index (χ2v) is 7.53. The molecule has 0 atom stereocenters. The Balaban J connectivity index is 1.35. The van der Waals surface area contributed by atoms with Crippen LogP contribution in [0.15, 0.2) is 66.3 Å². The fraction of sp³-hybridized carbons (Fsp3) is 0.0909. The molecule has 1 amide bonds. The van der Waals surface area contributed by atoms with E-state index in [1.165, 1.54) is 35.6 Å². The van der Waals surface area contributed by atoms with Gasteiger partial charge in [0, 0.05) is 36.1 Å². The minimum Gasteiger partial charge on any atom is -0.486 e. The molecule has 4 aromatic rings. The molecule has 0 aliphatic heterocycles. The van der Waals surface area contributed by atoms with Crippen LogP contribution in [0, 0.1) is 5.82 Å². The number of nitrogens with zero attached hydrogens (tertiary/aromatic N) is 3. The number of aryl methyl sites for hydroxylation is 1. The van der Waals surface area contributed by atoms with Gasteiger partial charge in [0.15, 0.2) is 5.82 Å². The average Bonchev–Trinajstić information content (AvgIpc) is 3.42. The third-order valence-electron chi connectivity index (χ3n) is 4.39. The minimum absolute atomic E-state index is 0.174. The lowest BCUT2D eigenvalue weighted by Gasteiger charge is -2.05. The standard InChI is InChI=1S/C22H17FN4O3S/c1-27-11-10-24-21(27)20(28)14-2-6-16(7-3-14)25-22(29)18-13-31-19(26-18)12-30-17-8-4-15(23)5-9-17/h2-11,13H,12H2,1H3,(H,25,29). The van der Waals surface area contributed by atoms with Gasteiger partial charge in [-0.05, 0) is 48.5 Å². The molecule has 0 radical (unpaired) electrons. The number of halogens is 1. The van der Waals surface area contributed by atoms with E-state index in [-0.39, 0.29) is 29.8 Å². The molecule has 0 saturated heterocycles. The molecule has 0 unspecified atom stereocenters. The van der Waals surface area contributed by atoms with Crippen LogP contribution >= 0.6 is 11.3 Å². The summed E-state index contributed by atoms with van der Waals surface area (Å²) >= 11 is 1.29. The fourth-order valence-corrected chi connectivity index (χ4v) is 3.46. The molecule has 9 heteroatoms. The summed E-state index contributed by atoms with van der Waals surface area (Å²) in [6.07, 6.45) is 3.27. The van der Waals surface area contributed by atoms with Crippen molar-refractivity contribution in [2.75, 3.05) is 5.32 Å². The van der Waals surface area contributed by atoms with Gasteiger partial charge in [0.2, 0.25) is 5.78 Å². The summed E-state index contributed by atoms with van der Waals surface area (Å²) in [6, 6.07) is 12.2. The Hall–Kier alpha value is -3.85. The Labute approximate surface area is 181 Å². The predicted molar refractivity (Wildman–Crippen MR) is 114 cm³/mol. The van der Waals surface area contributed by atoms with Crippen LogP contribution in [0.2, 0.25) is 0 Å². The van der Waals surface area contributed by atoms with Crippen molar-refractivity contribution in [3.63, 3.8) is 0 Å². The molecule has 31 heavy (non-hydrogen) atoms. The first-order chi connectivity index (χ1) is 15.0. The summed E-state index contributed by atoms with van der Waals surface area (Å²) in [6.45, 7) is 0.174. The molecular formula is C22H17FN4O3S. The Morgan fingerprint density at radius 3 is 2.55 bits per heavy atom. The van der Waals surface area contributed by atoms with Crippen molar-refractivity contribution in [2.45, 2.75) is 6.61 Å². The van der Waals surface area contributed by atoms with E-state index in [0.29, 0.717) is 27.8 Å². The van der Waals surface area contributed by atoms with E-state index in [1.54, 1.807) is 53.7 Å². The third-order valence-corrected chi connectivity index (χ3v) is 5.21. The number of thiazole rings is 1. The van der Waals surface area contributed by atoms with E-state index in [2.05, 4.69) is 15.3 Å². The van der Waals surface area contributed by atoms with Crippen molar-refractivity contribution in [3.05, 3.63) is 94.2 Å². The van der Waals surface area contributed by atoms with Crippen molar-refractivity contribution in [1.82, 2.24) is 14.5 Å². The quantitative estimate of drug-likeness (QED) is 0.441. The maximum atomic E-state index is 12.9. The topological polar surface area (TPSA) is 86.1 Å². The van der Waals surface area contributed by atoms with Gasteiger partial charge in [0.05, 0.1) is 0 Å². The van der Waals surface area contributed by atoms with Gasteiger partial charge in [-0.15, -0.1) is 11.3 Å². The highest BCUT2D eigenvalue weighted by atomic mass is 32.1. The number of amides is 1. The molecule has 4 rings (SSSR count).